The summed E-state index contributed by atoms with van der Waals surface area (Å²) in [4.78, 5) is 17.4. The Balaban J connectivity index is 1.92. The lowest BCUT2D eigenvalue weighted by atomic mass is 10.3. The third-order valence-corrected chi connectivity index (χ3v) is 5.13. The van der Waals surface area contributed by atoms with Gasteiger partial charge < -0.3 is 9.47 Å². The van der Waals surface area contributed by atoms with Crippen molar-refractivity contribution >= 4 is 43.9 Å². The van der Waals surface area contributed by atoms with Crippen molar-refractivity contribution in [1.82, 2.24) is 4.98 Å². The number of methoxy groups -OCH3 is 2. The Morgan fingerprint density at radius 1 is 1.23 bits per heavy atom. The SMILES string of the molecule is COc1cc2nc(NC(=O)c3sccc3C)sc2cc1OC. The number of nitrogens with one attached hydrogen (secondary N) is 1. The number of rotatable bonds is 4. The lowest BCUT2D eigenvalue weighted by Crippen LogP contribution is -2.10. The predicted octanol–water partition coefficient (Wildman–Crippen LogP) is 3.94. The van der Waals surface area contributed by atoms with Gasteiger partial charge in [-0.05, 0) is 23.9 Å². The summed E-state index contributed by atoms with van der Waals surface area (Å²) in [6.07, 6.45) is 0. The third kappa shape index (κ3) is 2.65. The van der Waals surface area contributed by atoms with Crippen molar-refractivity contribution < 1.29 is 14.3 Å². The molecule has 5 nitrogen and oxygen atoms in total. The van der Waals surface area contributed by atoms with Gasteiger partial charge in [-0.2, -0.15) is 0 Å². The summed E-state index contributed by atoms with van der Waals surface area (Å²) in [5.74, 6) is 1.13. The Labute approximate surface area is 135 Å². The third-order valence-electron chi connectivity index (χ3n) is 3.18. The summed E-state index contributed by atoms with van der Waals surface area (Å²) in [6.45, 7) is 1.92. The number of hydrogen-bond donors (Lipinski definition) is 1. The van der Waals surface area contributed by atoms with Crippen LogP contribution in [0, 0.1) is 6.92 Å². The van der Waals surface area contributed by atoms with Gasteiger partial charge in [0.1, 0.15) is 0 Å². The topological polar surface area (TPSA) is 60.5 Å². The molecular formula is C15H14N2O3S2. The second kappa shape index (κ2) is 5.94. The van der Waals surface area contributed by atoms with Crippen molar-refractivity contribution in [1.29, 1.82) is 0 Å². The van der Waals surface area contributed by atoms with Gasteiger partial charge in [-0.1, -0.05) is 11.3 Å². The van der Waals surface area contributed by atoms with Gasteiger partial charge in [0.25, 0.3) is 5.91 Å². The van der Waals surface area contributed by atoms with E-state index >= 15 is 0 Å². The molecule has 0 unspecified atom stereocenters. The fourth-order valence-corrected chi connectivity index (χ4v) is 3.76. The molecule has 1 N–H and O–H groups in total. The molecule has 114 valence electrons. The Morgan fingerprint density at radius 2 is 1.95 bits per heavy atom. The maximum Gasteiger partial charge on any atom is 0.267 e. The van der Waals surface area contributed by atoms with Crippen LogP contribution in [0.4, 0.5) is 5.13 Å². The quantitative estimate of drug-likeness (QED) is 0.785. The van der Waals surface area contributed by atoms with Gasteiger partial charge in [0.2, 0.25) is 0 Å². The molecule has 2 heterocycles. The number of thiophene rings is 1. The smallest absolute Gasteiger partial charge is 0.267 e. The summed E-state index contributed by atoms with van der Waals surface area (Å²) in [7, 11) is 3.17. The number of hydrogen-bond acceptors (Lipinski definition) is 6. The van der Waals surface area contributed by atoms with Crippen molar-refractivity contribution in [2.45, 2.75) is 6.92 Å². The molecule has 0 bridgehead atoms. The van der Waals surface area contributed by atoms with Gasteiger partial charge in [-0.3, -0.25) is 10.1 Å². The highest BCUT2D eigenvalue weighted by atomic mass is 32.1. The zero-order valence-electron chi connectivity index (χ0n) is 12.3. The fraction of sp³-hybridized carbons (Fsp3) is 0.200. The van der Waals surface area contributed by atoms with Crippen LogP contribution in [0.3, 0.4) is 0 Å². The van der Waals surface area contributed by atoms with Crippen molar-refractivity contribution in [2.75, 3.05) is 19.5 Å². The maximum absolute atomic E-state index is 12.2. The number of nitrogens with zero attached hydrogens (tertiary/aromatic N) is 1. The van der Waals surface area contributed by atoms with Gasteiger partial charge >= 0.3 is 0 Å². The van der Waals surface area contributed by atoms with Crippen LogP contribution in [-0.4, -0.2) is 25.1 Å². The Bertz CT molecular complexity index is 798. The molecule has 0 spiro atoms. The Kier molecular flexibility index (Phi) is 4.00. The van der Waals surface area contributed by atoms with E-state index in [0.29, 0.717) is 21.5 Å². The molecule has 3 rings (SSSR count). The normalized spacial score (nSPS) is 10.7. The molecular weight excluding hydrogens is 320 g/mol. The number of anilines is 1. The number of amides is 1. The summed E-state index contributed by atoms with van der Waals surface area (Å²) in [5.41, 5.74) is 1.73. The van der Waals surface area contributed by atoms with Gasteiger partial charge in [-0.15, -0.1) is 11.3 Å². The van der Waals surface area contributed by atoms with Crippen molar-refractivity contribution in [2.24, 2.45) is 0 Å². The first-order valence-electron chi connectivity index (χ1n) is 6.50. The van der Waals surface area contributed by atoms with E-state index in [1.807, 2.05) is 24.4 Å². The molecule has 0 aliphatic rings. The summed E-state index contributed by atoms with van der Waals surface area (Å²) in [6, 6.07) is 5.59. The number of aryl methyl sites for hydroxylation is 1. The monoisotopic (exact) mass is 334 g/mol. The number of ether oxygens (including phenoxy) is 2. The van der Waals surface area contributed by atoms with Crippen molar-refractivity contribution in [3.05, 3.63) is 34.0 Å². The van der Waals surface area contributed by atoms with Gasteiger partial charge in [0.05, 0.1) is 29.3 Å². The molecule has 0 atom stereocenters. The van der Waals surface area contributed by atoms with E-state index in [9.17, 15) is 4.79 Å². The molecule has 1 amide bonds. The van der Waals surface area contributed by atoms with E-state index < -0.39 is 0 Å². The Hall–Kier alpha value is -2.12. The highest BCUT2D eigenvalue weighted by molar-refractivity contribution is 7.22. The lowest BCUT2D eigenvalue weighted by Gasteiger charge is -2.05. The van der Waals surface area contributed by atoms with Crippen LogP contribution < -0.4 is 14.8 Å². The van der Waals surface area contributed by atoms with E-state index in [0.717, 1.165) is 15.8 Å². The average Bonchev–Trinajstić information content (AvgIpc) is 3.10. The van der Waals surface area contributed by atoms with Crippen LogP contribution in [0.2, 0.25) is 0 Å². The molecule has 3 aromatic rings. The van der Waals surface area contributed by atoms with Crippen LogP contribution in [0.1, 0.15) is 15.2 Å². The molecule has 0 saturated carbocycles. The number of aromatic nitrogens is 1. The highest BCUT2D eigenvalue weighted by Gasteiger charge is 2.15. The standard InChI is InChI=1S/C15H14N2O3S2/c1-8-4-5-21-13(8)14(18)17-15-16-9-6-10(19-2)11(20-3)7-12(9)22-15/h4-7H,1-3H3,(H,16,17,18). The van der Waals surface area contributed by atoms with Gasteiger partial charge in [0, 0.05) is 12.1 Å². The summed E-state index contributed by atoms with van der Waals surface area (Å²) >= 11 is 2.82. The van der Waals surface area contributed by atoms with E-state index in [1.165, 1.54) is 22.7 Å². The van der Waals surface area contributed by atoms with E-state index in [-0.39, 0.29) is 5.91 Å². The fourth-order valence-electron chi connectivity index (χ4n) is 2.07. The van der Waals surface area contributed by atoms with Crippen LogP contribution in [0.25, 0.3) is 10.2 Å². The van der Waals surface area contributed by atoms with E-state index in [1.54, 1.807) is 20.3 Å². The van der Waals surface area contributed by atoms with E-state index in [4.69, 9.17) is 9.47 Å². The molecule has 0 aliphatic carbocycles. The zero-order chi connectivity index (χ0) is 15.7. The highest BCUT2D eigenvalue weighted by Crippen LogP contribution is 2.36. The Morgan fingerprint density at radius 3 is 2.59 bits per heavy atom. The molecule has 0 fully saturated rings. The minimum atomic E-state index is -0.134. The molecule has 0 saturated heterocycles. The molecule has 1 aromatic carbocycles. The number of carbonyl (C=O) groups is 1. The second-order valence-electron chi connectivity index (χ2n) is 4.58. The molecule has 0 radical (unpaired) electrons. The molecule has 22 heavy (non-hydrogen) atoms. The number of carbonyl (C=O) groups excluding carboxylic acids is 1. The maximum atomic E-state index is 12.2. The molecule has 7 heteroatoms. The number of benzene rings is 1. The van der Waals surface area contributed by atoms with Gasteiger partial charge in [-0.25, -0.2) is 4.98 Å². The second-order valence-corrected chi connectivity index (χ2v) is 6.53. The minimum absolute atomic E-state index is 0.134. The average molecular weight is 334 g/mol. The van der Waals surface area contributed by atoms with Crippen LogP contribution in [0.5, 0.6) is 11.5 Å². The van der Waals surface area contributed by atoms with Gasteiger partial charge in [0.15, 0.2) is 16.6 Å². The predicted molar refractivity (Wildman–Crippen MR) is 89.7 cm³/mol. The lowest BCUT2D eigenvalue weighted by molar-refractivity contribution is 0.103. The molecule has 2 aromatic heterocycles. The first-order chi connectivity index (χ1) is 10.6. The van der Waals surface area contributed by atoms with Crippen LogP contribution in [0.15, 0.2) is 23.6 Å². The van der Waals surface area contributed by atoms with E-state index in [2.05, 4.69) is 10.3 Å². The minimum Gasteiger partial charge on any atom is -0.493 e. The largest absolute Gasteiger partial charge is 0.493 e. The summed E-state index contributed by atoms with van der Waals surface area (Å²) < 4.78 is 11.5. The molecule has 0 aliphatic heterocycles. The van der Waals surface area contributed by atoms with Crippen LogP contribution in [-0.2, 0) is 0 Å². The number of thiazole rings is 1. The summed E-state index contributed by atoms with van der Waals surface area (Å²) in [5, 5.41) is 5.31. The van der Waals surface area contributed by atoms with Crippen molar-refractivity contribution in [3.8, 4) is 11.5 Å². The first kappa shape index (κ1) is 14.8. The zero-order valence-corrected chi connectivity index (χ0v) is 13.9. The van der Waals surface area contributed by atoms with Crippen molar-refractivity contribution in [3.63, 3.8) is 0 Å². The number of fused-ring (bicyclic) bond motifs is 1. The van der Waals surface area contributed by atoms with Crippen LogP contribution >= 0.6 is 22.7 Å². The first-order valence-corrected chi connectivity index (χ1v) is 8.20.